The normalized spacial score (nSPS) is 14.2. The van der Waals surface area contributed by atoms with Crippen LogP contribution in [0.5, 0.6) is 0 Å². The van der Waals surface area contributed by atoms with Crippen molar-refractivity contribution in [3.63, 3.8) is 0 Å². The van der Waals surface area contributed by atoms with Crippen LogP contribution in [-0.4, -0.2) is 16.0 Å². The zero-order valence-electron chi connectivity index (χ0n) is 8.46. The van der Waals surface area contributed by atoms with Crippen molar-refractivity contribution >= 4 is 5.78 Å². The van der Waals surface area contributed by atoms with Gasteiger partial charge >= 0.3 is 0 Å². The third kappa shape index (κ3) is 1.26. The Hall–Kier alpha value is -1.97. The van der Waals surface area contributed by atoms with E-state index in [4.69, 9.17) is 0 Å². The minimum atomic E-state index is -0.290. The van der Waals surface area contributed by atoms with Gasteiger partial charge in [-0.1, -0.05) is 0 Å². The SMILES string of the molecule is O=C1CCc2[nH]nc(-c3ccc(F)cc3)c21. The van der Waals surface area contributed by atoms with Gasteiger partial charge < -0.3 is 0 Å². The molecular formula is C12H9FN2O. The van der Waals surface area contributed by atoms with Crippen molar-refractivity contribution in [2.24, 2.45) is 0 Å². The first-order valence-electron chi connectivity index (χ1n) is 5.12. The Bertz CT molecular complexity index is 557. The second-order valence-corrected chi connectivity index (χ2v) is 3.86. The van der Waals surface area contributed by atoms with Gasteiger partial charge in [-0.2, -0.15) is 5.10 Å². The van der Waals surface area contributed by atoms with Gasteiger partial charge in [0.2, 0.25) is 0 Å². The second-order valence-electron chi connectivity index (χ2n) is 3.86. The summed E-state index contributed by atoms with van der Waals surface area (Å²) in [5.41, 5.74) is 2.97. The highest BCUT2D eigenvalue weighted by Gasteiger charge is 2.26. The third-order valence-corrected chi connectivity index (χ3v) is 2.84. The molecule has 3 nitrogen and oxygen atoms in total. The first kappa shape index (κ1) is 9.27. The summed E-state index contributed by atoms with van der Waals surface area (Å²) in [6.45, 7) is 0. The smallest absolute Gasteiger partial charge is 0.167 e. The number of fused-ring (bicyclic) bond motifs is 1. The number of aromatic amines is 1. The van der Waals surface area contributed by atoms with Crippen LogP contribution in [0.3, 0.4) is 0 Å². The molecule has 1 aromatic heterocycles. The zero-order valence-corrected chi connectivity index (χ0v) is 8.46. The fourth-order valence-electron chi connectivity index (χ4n) is 2.04. The zero-order chi connectivity index (χ0) is 11.1. The number of Topliss-reactive ketones (excluding diaryl/α,β-unsaturated/α-hetero) is 1. The molecule has 0 bridgehead atoms. The maximum absolute atomic E-state index is 12.8. The van der Waals surface area contributed by atoms with Crippen molar-refractivity contribution in [3.05, 3.63) is 41.3 Å². The van der Waals surface area contributed by atoms with Crippen molar-refractivity contribution in [3.8, 4) is 11.3 Å². The fourth-order valence-corrected chi connectivity index (χ4v) is 2.04. The average Bonchev–Trinajstić information content (AvgIpc) is 2.84. The van der Waals surface area contributed by atoms with Crippen LogP contribution in [0.1, 0.15) is 22.5 Å². The van der Waals surface area contributed by atoms with Gasteiger partial charge in [0.05, 0.1) is 5.56 Å². The van der Waals surface area contributed by atoms with E-state index in [1.54, 1.807) is 12.1 Å². The molecule has 0 unspecified atom stereocenters. The van der Waals surface area contributed by atoms with E-state index in [1.807, 2.05) is 0 Å². The molecule has 0 atom stereocenters. The number of benzene rings is 1. The van der Waals surface area contributed by atoms with Crippen LogP contribution in [0.15, 0.2) is 24.3 Å². The van der Waals surface area contributed by atoms with E-state index in [-0.39, 0.29) is 11.6 Å². The van der Waals surface area contributed by atoms with Crippen LogP contribution in [0.4, 0.5) is 4.39 Å². The Morgan fingerprint density at radius 1 is 1.19 bits per heavy atom. The van der Waals surface area contributed by atoms with Crippen LogP contribution in [0, 0.1) is 5.82 Å². The van der Waals surface area contributed by atoms with E-state index in [2.05, 4.69) is 10.2 Å². The van der Waals surface area contributed by atoms with Crippen molar-refractivity contribution in [2.75, 3.05) is 0 Å². The van der Waals surface area contributed by atoms with Gasteiger partial charge in [-0.3, -0.25) is 9.89 Å². The van der Waals surface area contributed by atoms with Crippen molar-refractivity contribution in [2.45, 2.75) is 12.8 Å². The number of ketones is 1. The molecule has 0 radical (unpaired) electrons. The van der Waals surface area contributed by atoms with E-state index in [0.29, 0.717) is 17.7 Å². The standard InChI is InChI=1S/C12H9FN2O/c13-8-3-1-7(2-4-8)12-11-9(14-15-12)5-6-10(11)16/h1-4H,5-6H2,(H,14,15). The molecule has 80 valence electrons. The predicted octanol–water partition coefficient (Wildman–Crippen LogP) is 2.34. The van der Waals surface area contributed by atoms with Crippen molar-refractivity contribution in [1.82, 2.24) is 10.2 Å². The quantitative estimate of drug-likeness (QED) is 0.795. The number of carbonyl (C=O) groups excluding carboxylic acids is 1. The highest BCUT2D eigenvalue weighted by molar-refractivity contribution is 6.05. The number of rotatable bonds is 1. The van der Waals surface area contributed by atoms with Crippen LogP contribution < -0.4 is 0 Å². The van der Waals surface area contributed by atoms with Gasteiger partial charge in [-0.05, 0) is 30.7 Å². The lowest BCUT2D eigenvalue weighted by atomic mass is 10.1. The topological polar surface area (TPSA) is 45.8 Å². The number of nitrogens with zero attached hydrogens (tertiary/aromatic N) is 1. The lowest BCUT2D eigenvalue weighted by Gasteiger charge is -1.98. The molecule has 1 aliphatic carbocycles. The van der Waals surface area contributed by atoms with Gasteiger partial charge in [0.25, 0.3) is 0 Å². The highest BCUT2D eigenvalue weighted by atomic mass is 19.1. The summed E-state index contributed by atoms with van der Waals surface area (Å²) in [4.78, 5) is 11.7. The van der Waals surface area contributed by atoms with Gasteiger partial charge in [-0.15, -0.1) is 0 Å². The number of carbonyl (C=O) groups is 1. The van der Waals surface area contributed by atoms with Crippen LogP contribution in [-0.2, 0) is 6.42 Å². The van der Waals surface area contributed by atoms with E-state index in [1.165, 1.54) is 12.1 Å². The molecular weight excluding hydrogens is 207 g/mol. The van der Waals surface area contributed by atoms with Gasteiger partial charge in [0.1, 0.15) is 11.5 Å². The number of hydrogen-bond acceptors (Lipinski definition) is 2. The summed E-state index contributed by atoms with van der Waals surface area (Å²) in [5.74, 6) is -0.176. The molecule has 0 spiro atoms. The molecule has 0 saturated carbocycles. The first-order chi connectivity index (χ1) is 7.75. The fraction of sp³-hybridized carbons (Fsp3) is 0.167. The summed E-state index contributed by atoms with van der Waals surface area (Å²) in [7, 11) is 0. The van der Waals surface area contributed by atoms with Gasteiger partial charge in [0, 0.05) is 17.7 Å². The summed E-state index contributed by atoms with van der Waals surface area (Å²) < 4.78 is 12.8. The molecule has 0 amide bonds. The number of aromatic nitrogens is 2. The van der Waals surface area contributed by atoms with E-state index >= 15 is 0 Å². The molecule has 1 aromatic carbocycles. The summed E-state index contributed by atoms with van der Waals surface area (Å²) in [6, 6.07) is 6.01. The molecule has 1 heterocycles. The summed E-state index contributed by atoms with van der Waals surface area (Å²) >= 11 is 0. The molecule has 0 aliphatic heterocycles. The minimum Gasteiger partial charge on any atom is -0.294 e. The Kier molecular flexibility index (Phi) is 1.89. The first-order valence-corrected chi connectivity index (χ1v) is 5.12. The third-order valence-electron chi connectivity index (χ3n) is 2.84. The molecule has 1 aliphatic rings. The maximum Gasteiger partial charge on any atom is 0.167 e. The lowest BCUT2D eigenvalue weighted by Crippen LogP contribution is -1.93. The Balaban J connectivity index is 2.14. The number of hydrogen-bond donors (Lipinski definition) is 1. The number of halogens is 1. The highest BCUT2D eigenvalue weighted by Crippen LogP contribution is 2.30. The van der Waals surface area contributed by atoms with Crippen molar-refractivity contribution < 1.29 is 9.18 Å². The predicted molar refractivity (Wildman–Crippen MR) is 56.6 cm³/mol. The number of nitrogens with one attached hydrogen (secondary N) is 1. The van der Waals surface area contributed by atoms with Crippen LogP contribution in [0.25, 0.3) is 11.3 Å². The van der Waals surface area contributed by atoms with Crippen molar-refractivity contribution in [1.29, 1.82) is 0 Å². The average molecular weight is 216 g/mol. The number of H-pyrrole nitrogens is 1. The summed E-state index contributed by atoms with van der Waals surface area (Å²) in [5, 5.41) is 6.99. The largest absolute Gasteiger partial charge is 0.294 e. The molecule has 1 N–H and O–H groups in total. The van der Waals surface area contributed by atoms with E-state index in [0.717, 1.165) is 17.7 Å². The molecule has 0 fully saturated rings. The molecule has 2 aromatic rings. The van der Waals surface area contributed by atoms with E-state index < -0.39 is 0 Å². The van der Waals surface area contributed by atoms with Crippen LogP contribution >= 0.6 is 0 Å². The molecule has 3 rings (SSSR count). The lowest BCUT2D eigenvalue weighted by molar-refractivity contribution is 0.0995. The second kappa shape index (κ2) is 3.27. The Morgan fingerprint density at radius 3 is 2.69 bits per heavy atom. The van der Waals surface area contributed by atoms with Gasteiger partial charge in [-0.25, -0.2) is 4.39 Å². The Labute approximate surface area is 91.3 Å². The minimum absolute atomic E-state index is 0.114. The van der Waals surface area contributed by atoms with Gasteiger partial charge in [0.15, 0.2) is 5.78 Å². The van der Waals surface area contributed by atoms with Crippen LogP contribution in [0.2, 0.25) is 0 Å². The molecule has 0 saturated heterocycles. The Morgan fingerprint density at radius 2 is 1.94 bits per heavy atom. The summed E-state index contributed by atoms with van der Waals surface area (Å²) in [6.07, 6.45) is 1.26. The molecule has 16 heavy (non-hydrogen) atoms. The monoisotopic (exact) mass is 216 g/mol. The maximum atomic E-state index is 12.8. The number of aryl methyl sites for hydroxylation is 1. The van der Waals surface area contributed by atoms with E-state index in [9.17, 15) is 9.18 Å². The molecule has 4 heteroatoms.